The fourth-order valence-electron chi connectivity index (χ4n) is 5.59. The monoisotopic (exact) mass is 621 g/mol. The smallest absolute Gasteiger partial charge is 0.404 e. The second-order valence-corrected chi connectivity index (χ2v) is 13.0. The van der Waals surface area contributed by atoms with Gasteiger partial charge >= 0.3 is 6.09 Å². The molecule has 232 valence electrons. The van der Waals surface area contributed by atoms with Crippen LogP contribution in [0.5, 0.6) is 17.2 Å². The number of hydrogen-bond donors (Lipinski definition) is 3. The molecule has 1 aliphatic carbocycles. The maximum atomic E-state index is 13.8. The van der Waals surface area contributed by atoms with Crippen molar-refractivity contribution in [3.8, 4) is 23.3 Å². The third-order valence-electron chi connectivity index (χ3n) is 7.92. The lowest BCUT2D eigenvalue weighted by Gasteiger charge is -2.30. The third-order valence-corrected chi connectivity index (χ3v) is 9.75. The van der Waals surface area contributed by atoms with Crippen LogP contribution in [0.1, 0.15) is 42.4 Å². The quantitative estimate of drug-likeness (QED) is 0.253. The Morgan fingerprint density at radius 3 is 2.52 bits per heavy atom. The first-order valence-electron chi connectivity index (χ1n) is 14.5. The summed E-state index contributed by atoms with van der Waals surface area (Å²) >= 11 is 0. The molecule has 1 aliphatic heterocycles. The summed E-state index contributed by atoms with van der Waals surface area (Å²) in [5.74, 6) is 1.52. The molecule has 3 aromatic rings. The minimum atomic E-state index is -4.05. The molecule has 0 bridgehead atoms. The second kappa shape index (κ2) is 14.0. The maximum absolute atomic E-state index is 13.8. The fraction of sp³-hybridized carbons (Fsp3) is 0.375. The molecule has 0 radical (unpaired) electrons. The Morgan fingerprint density at radius 2 is 1.80 bits per heavy atom. The number of nitrogens with one attached hydrogen (secondary N) is 1. The van der Waals surface area contributed by atoms with Gasteiger partial charge in [0.1, 0.15) is 12.4 Å². The minimum absolute atomic E-state index is 0.00911. The van der Waals surface area contributed by atoms with Crippen LogP contribution in [0.25, 0.3) is 0 Å². The number of carbonyl (C=O) groups is 1. The molecule has 1 amide bonds. The van der Waals surface area contributed by atoms with E-state index in [0.29, 0.717) is 22.8 Å². The van der Waals surface area contributed by atoms with Gasteiger partial charge in [0.05, 0.1) is 28.7 Å². The van der Waals surface area contributed by atoms with E-state index in [9.17, 15) is 23.4 Å². The zero-order chi connectivity index (χ0) is 31.1. The molecule has 5 rings (SSSR count). The van der Waals surface area contributed by atoms with Gasteiger partial charge in [-0.05, 0) is 72.7 Å². The van der Waals surface area contributed by atoms with Gasteiger partial charge in [0, 0.05) is 19.2 Å². The van der Waals surface area contributed by atoms with Gasteiger partial charge in [0.15, 0.2) is 11.5 Å². The highest BCUT2D eigenvalue weighted by atomic mass is 32.2. The van der Waals surface area contributed by atoms with Crippen molar-refractivity contribution in [2.24, 2.45) is 5.92 Å². The van der Waals surface area contributed by atoms with E-state index in [-0.39, 0.29) is 43.7 Å². The first-order valence-corrected chi connectivity index (χ1v) is 15.9. The number of fused-ring (bicyclic) bond motifs is 1. The van der Waals surface area contributed by atoms with Crippen LogP contribution >= 0.6 is 0 Å². The number of sulfonamides is 1. The van der Waals surface area contributed by atoms with Crippen molar-refractivity contribution in [1.82, 2.24) is 9.62 Å². The van der Waals surface area contributed by atoms with Crippen LogP contribution in [0.15, 0.2) is 71.6 Å². The molecule has 2 atom stereocenters. The molecule has 0 saturated heterocycles. The molecule has 2 aliphatic rings. The van der Waals surface area contributed by atoms with Gasteiger partial charge in [-0.1, -0.05) is 37.1 Å². The molecule has 1 saturated carbocycles. The molecule has 11 nitrogen and oxygen atoms in total. The van der Waals surface area contributed by atoms with Gasteiger partial charge in [-0.15, -0.1) is 0 Å². The Labute approximate surface area is 256 Å². The highest BCUT2D eigenvalue weighted by molar-refractivity contribution is 7.89. The number of ether oxygens (including phenoxy) is 3. The molecule has 3 aromatic carbocycles. The highest BCUT2D eigenvalue weighted by Crippen LogP contribution is 2.35. The molecule has 44 heavy (non-hydrogen) atoms. The Bertz CT molecular complexity index is 1600. The lowest BCUT2D eigenvalue weighted by atomic mass is 10.0. The van der Waals surface area contributed by atoms with E-state index in [1.807, 2.05) is 6.07 Å². The zero-order valence-electron chi connectivity index (χ0n) is 24.1. The number of nitrogens with zero attached hydrogens (tertiary/aromatic N) is 2. The molecule has 0 spiro atoms. The number of nitriles is 1. The second-order valence-electron chi connectivity index (χ2n) is 11.1. The maximum Gasteiger partial charge on any atom is 0.404 e. The van der Waals surface area contributed by atoms with Gasteiger partial charge in [-0.3, -0.25) is 0 Å². The summed E-state index contributed by atoms with van der Waals surface area (Å²) in [4.78, 5) is 11.7. The number of rotatable bonds is 13. The van der Waals surface area contributed by atoms with Gasteiger partial charge in [-0.2, -0.15) is 9.57 Å². The summed E-state index contributed by atoms with van der Waals surface area (Å²) in [6, 6.07) is 19.7. The van der Waals surface area contributed by atoms with Gasteiger partial charge < -0.3 is 29.7 Å². The molecule has 12 heteroatoms. The van der Waals surface area contributed by atoms with Crippen LogP contribution in [0, 0.1) is 17.2 Å². The van der Waals surface area contributed by atoms with E-state index in [1.165, 1.54) is 16.4 Å². The fourth-order valence-corrected chi connectivity index (χ4v) is 7.14. The van der Waals surface area contributed by atoms with Crippen molar-refractivity contribution in [1.29, 1.82) is 5.26 Å². The Balaban J connectivity index is 1.29. The number of carboxylic acid groups (broad SMARTS) is 1. The lowest BCUT2D eigenvalue weighted by molar-refractivity contribution is 0.0971. The van der Waals surface area contributed by atoms with Crippen LogP contribution in [0.3, 0.4) is 0 Å². The van der Waals surface area contributed by atoms with Gasteiger partial charge in [-0.25, -0.2) is 13.2 Å². The lowest BCUT2D eigenvalue weighted by Crippen LogP contribution is -2.50. The molecule has 1 fully saturated rings. The average molecular weight is 622 g/mol. The molecule has 1 heterocycles. The molecule has 3 N–H and O–H groups in total. The predicted octanol–water partition coefficient (Wildman–Crippen LogP) is 4.29. The van der Waals surface area contributed by atoms with E-state index in [4.69, 9.17) is 19.5 Å². The van der Waals surface area contributed by atoms with Crippen molar-refractivity contribution in [2.75, 3.05) is 19.9 Å². The third kappa shape index (κ3) is 7.79. The molecular formula is C32H35N3O8S. The van der Waals surface area contributed by atoms with Crippen molar-refractivity contribution in [3.63, 3.8) is 0 Å². The summed E-state index contributed by atoms with van der Waals surface area (Å²) in [6.07, 6.45) is 1.27. The number of aliphatic hydroxyl groups is 1. The SMILES string of the molecule is N#Cc1cccc(COc2ccc(C[C@H](NC(=O)O)[C@H](O)CN(CC3CCCC3)S(=O)(=O)c3ccc4c(c3)OCO4)cc2)c1. The van der Waals surface area contributed by atoms with E-state index in [2.05, 4.69) is 11.4 Å². The Hall–Kier alpha value is -4.31. The Morgan fingerprint density at radius 1 is 1.05 bits per heavy atom. The predicted molar refractivity (Wildman–Crippen MR) is 160 cm³/mol. The summed E-state index contributed by atoms with van der Waals surface area (Å²) in [7, 11) is -4.05. The van der Waals surface area contributed by atoms with Crippen molar-refractivity contribution in [3.05, 3.63) is 83.4 Å². The summed E-state index contributed by atoms with van der Waals surface area (Å²) in [6.45, 7) is 0.207. The standard InChI is InChI=1S/C32H35N3O8S/c33-17-24-6-3-7-25(14-24)20-41-26-10-8-22(9-11-26)15-28(34-32(37)38)29(36)19-35(18-23-4-1-2-5-23)44(39,40)27-12-13-30-31(16-27)43-21-42-30/h3,6-14,16,23,28-29,34,36H,1-2,4-5,15,18-21H2,(H,37,38)/t28-,29+/m0/s1. The number of aliphatic hydroxyl groups excluding tert-OH is 1. The topological polar surface area (TPSA) is 158 Å². The zero-order valence-corrected chi connectivity index (χ0v) is 24.9. The Kier molecular flexibility index (Phi) is 9.89. The molecule has 0 aromatic heterocycles. The van der Waals surface area contributed by atoms with Crippen LogP contribution in [-0.4, -0.2) is 61.1 Å². The van der Waals surface area contributed by atoms with Crippen molar-refractivity contribution >= 4 is 16.1 Å². The van der Waals surface area contributed by atoms with Crippen molar-refractivity contribution in [2.45, 2.75) is 55.8 Å². The summed E-state index contributed by atoms with van der Waals surface area (Å²) < 4.78 is 45.5. The summed E-state index contributed by atoms with van der Waals surface area (Å²) in [5.41, 5.74) is 2.12. The first kappa shape index (κ1) is 31.1. The normalized spacial score (nSPS) is 15.9. The van der Waals surface area contributed by atoms with E-state index < -0.39 is 28.3 Å². The largest absolute Gasteiger partial charge is 0.489 e. The van der Waals surface area contributed by atoms with Crippen LogP contribution < -0.4 is 19.5 Å². The van der Waals surface area contributed by atoms with E-state index >= 15 is 0 Å². The molecule has 0 unspecified atom stereocenters. The highest BCUT2D eigenvalue weighted by Gasteiger charge is 2.34. The number of hydrogen-bond acceptors (Lipinski definition) is 8. The average Bonchev–Trinajstić information content (AvgIpc) is 3.72. The minimum Gasteiger partial charge on any atom is -0.489 e. The first-order chi connectivity index (χ1) is 21.2. The van der Waals surface area contributed by atoms with Gasteiger partial charge in [0.2, 0.25) is 16.8 Å². The van der Waals surface area contributed by atoms with Crippen LogP contribution in [0.2, 0.25) is 0 Å². The van der Waals surface area contributed by atoms with E-state index in [1.54, 1.807) is 48.5 Å². The molecular weight excluding hydrogens is 586 g/mol. The number of amides is 1. The van der Waals surface area contributed by atoms with Crippen LogP contribution in [-0.2, 0) is 23.1 Å². The van der Waals surface area contributed by atoms with Crippen molar-refractivity contribution < 1.29 is 37.6 Å². The summed E-state index contributed by atoms with van der Waals surface area (Å²) in [5, 5.41) is 32.3. The van der Waals surface area contributed by atoms with Gasteiger partial charge in [0.25, 0.3) is 0 Å². The van der Waals surface area contributed by atoms with E-state index in [0.717, 1.165) is 36.8 Å². The number of benzene rings is 3. The van der Waals surface area contributed by atoms with Crippen LogP contribution in [0.4, 0.5) is 4.79 Å².